The Morgan fingerprint density at radius 1 is 1.57 bits per heavy atom. The second-order valence-corrected chi connectivity index (χ2v) is 3.65. The molecule has 0 saturated carbocycles. The Bertz CT molecular complexity index is 390. The normalized spacial score (nSPS) is 13.9. The maximum Gasteiger partial charge on any atom is 0.338 e. The Balaban J connectivity index is 2.54. The van der Waals surface area contributed by atoms with Crippen molar-refractivity contribution in [1.29, 1.82) is 0 Å². The lowest BCUT2D eigenvalue weighted by Gasteiger charge is -2.06. The molecule has 0 saturated heterocycles. The fourth-order valence-electron chi connectivity index (χ4n) is 1.80. The number of rotatable bonds is 1. The van der Waals surface area contributed by atoms with Crippen LogP contribution in [-0.4, -0.2) is 18.1 Å². The van der Waals surface area contributed by atoms with Crippen molar-refractivity contribution in [3.8, 4) is 0 Å². The average Bonchev–Trinajstić information content (AvgIpc) is 2.62. The van der Waals surface area contributed by atoms with E-state index in [1.807, 2.05) is 0 Å². The summed E-state index contributed by atoms with van der Waals surface area (Å²) in [6, 6.07) is 1.58. The first-order chi connectivity index (χ1) is 6.72. The van der Waals surface area contributed by atoms with Crippen LogP contribution in [0, 0.1) is 0 Å². The van der Waals surface area contributed by atoms with E-state index in [4.69, 9.17) is 16.3 Å². The van der Waals surface area contributed by atoms with Crippen molar-refractivity contribution in [1.82, 2.24) is 4.98 Å². The Kier molecular flexibility index (Phi) is 2.42. The van der Waals surface area contributed by atoms with Gasteiger partial charge in [0.1, 0.15) is 5.15 Å². The lowest BCUT2D eigenvalue weighted by Crippen LogP contribution is -2.06. The van der Waals surface area contributed by atoms with Crippen molar-refractivity contribution >= 4 is 17.6 Å². The number of carbonyl (C=O) groups is 1. The maximum absolute atomic E-state index is 11.4. The van der Waals surface area contributed by atoms with Crippen molar-refractivity contribution in [2.24, 2.45) is 0 Å². The third-order valence-corrected chi connectivity index (χ3v) is 2.62. The van der Waals surface area contributed by atoms with E-state index in [-0.39, 0.29) is 5.97 Å². The van der Waals surface area contributed by atoms with E-state index in [0.29, 0.717) is 10.7 Å². The molecule has 0 atom stereocenters. The summed E-state index contributed by atoms with van der Waals surface area (Å²) < 4.78 is 4.69. The van der Waals surface area contributed by atoms with Crippen LogP contribution in [0.4, 0.5) is 0 Å². The van der Waals surface area contributed by atoms with Crippen LogP contribution in [0.3, 0.4) is 0 Å². The first kappa shape index (κ1) is 9.46. The highest BCUT2D eigenvalue weighted by molar-refractivity contribution is 6.29. The van der Waals surface area contributed by atoms with Crippen LogP contribution >= 0.6 is 11.6 Å². The van der Waals surface area contributed by atoms with Crippen LogP contribution in [0.15, 0.2) is 6.07 Å². The number of hydrogen-bond acceptors (Lipinski definition) is 3. The first-order valence-electron chi connectivity index (χ1n) is 4.49. The Morgan fingerprint density at radius 2 is 2.36 bits per heavy atom. The van der Waals surface area contributed by atoms with Crippen LogP contribution in [0.1, 0.15) is 28.0 Å². The predicted molar refractivity (Wildman–Crippen MR) is 52.6 cm³/mol. The van der Waals surface area contributed by atoms with E-state index in [0.717, 1.165) is 30.5 Å². The minimum absolute atomic E-state index is 0.326. The molecule has 0 fully saturated rings. The lowest BCUT2D eigenvalue weighted by atomic mass is 10.1. The molecule has 0 aromatic carbocycles. The van der Waals surface area contributed by atoms with Gasteiger partial charge in [0.05, 0.1) is 12.7 Å². The fraction of sp³-hybridized carbons (Fsp3) is 0.400. The minimum Gasteiger partial charge on any atom is -0.465 e. The van der Waals surface area contributed by atoms with Gasteiger partial charge in [0, 0.05) is 5.69 Å². The molecule has 2 rings (SSSR count). The van der Waals surface area contributed by atoms with Crippen molar-refractivity contribution in [2.45, 2.75) is 19.3 Å². The van der Waals surface area contributed by atoms with Crippen LogP contribution in [-0.2, 0) is 17.6 Å². The number of pyridine rings is 1. The summed E-state index contributed by atoms with van der Waals surface area (Å²) in [5.41, 5.74) is 2.51. The van der Waals surface area contributed by atoms with E-state index in [9.17, 15) is 4.79 Å². The number of ether oxygens (including phenoxy) is 1. The molecule has 1 aliphatic rings. The third-order valence-electron chi connectivity index (χ3n) is 2.42. The molecule has 74 valence electrons. The second kappa shape index (κ2) is 3.58. The average molecular weight is 212 g/mol. The summed E-state index contributed by atoms with van der Waals surface area (Å²) >= 11 is 5.81. The Labute approximate surface area is 87.0 Å². The van der Waals surface area contributed by atoms with Gasteiger partial charge in [-0.3, -0.25) is 0 Å². The minimum atomic E-state index is -0.326. The van der Waals surface area contributed by atoms with Crippen molar-refractivity contribution in [2.75, 3.05) is 7.11 Å². The number of fused-ring (bicyclic) bond motifs is 1. The molecule has 4 heteroatoms. The van der Waals surface area contributed by atoms with Gasteiger partial charge in [0.2, 0.25) is 0 Å². The maximum atomic E-state index is 11.4. The van der Waals surface area contributed by atoms with Gasteiger partial charge < -0.3 is 4.74 Å². The zero-order valence-corrected chi connectivity index (χ0v) is 8.60. The number of nitrogens with zero attached hydrogens (tertiary/aromatic N) is 1. The van der Waals surface area contributed by atoms with Gasteiger partial charge in [-0.25, -0.2) is 9.78 Å². The van der Waals surface area contributed by atoms with Crippen LogP contribution < -0.4 is 0 Å². The monoisotopic (exact) mass is 211 g/mol. The van der Waals surface area contributed by atoms with Gasteiger partial charge in [-0.05, 0) is 30.9 Å². The third kappa shape index (κ3) is 1.48. The number of hydrogen-bond donors (Lipinski definition) is 0. The van der Waals surface area contributed by atoms with E-state index < -0.39 is 0 Å². The molecule has 0 bridgehead atoms. The molecule has 0 N–H and O–H groups in total. The smallest absolute Gasteiger partial charge is 0.338 e. The van der Waals surface area contributed by atoms with Crippen LogP contribution in [0.2, 0.25) is 5.15 Å². The van der Waals surface area contributed by atoms with Gasteiger partial charge in [0.15, 0.2) is 0 Å². The molecular weight excluding hydrogens is 202 g/mol. The van der Waals surface area contributed by atoms with Gasteiger partial charge in [-0.2, -0.15) is 0 Å². The molecule has 0 aliphatic heterocycles. The molecule has 1 aromatic heterocycles. The second-order valence-electron chi connectivity index (χ2n) is 3.26. The number of halogens is 1. The largest absolute Gasteiger partial charge is 0.465 e. The molecule has 14 heavy (non-hydrogen) atoms. The topological polar surface area (TPSA) is 39.2 Å². The van der Waals surface area contributed by atoms with Gasteiger partial charge in [-0.1, -0.05) is 11.6 Å². The van der Waals surface area contributed by atoms with Crippen LogP contribution in [0.5, 0.6) is 0 Å². The Morgan fingerprint density at radius 3 is 3.07 bits per heavy atom. The summed E-state index contributed by atoms with van der Waals surface area (Å²) in [5.74, 6) is -0.326. The molecular formula is C10H10ClNO2. The van der Waals surface area contributed by atoms with Crippen molar-refractivity contribution < 1.29 is 9.53 Å². The predicted octanol–water partition coefficient (Wildman–Crippen LogP) is 2.01. The van der Waals surface area contributed by atoms with E-state index >= 15 is 0 Å². The zero-order chi connectivity index (χ0) is 10.1. The molecule has 0 unspecified atom stereocenters. The summed E-state index contributed by atoms with van der Waals surface area (Å²) in [6.45, 7) is 0. The van der Waals surface area contributed by atoms with Crippen LogP contribution in [0.25, 0.3) is 0 Å². The molecule has 0 radical (unpaired) electrons. The highest BCUT2D eigenvalue weighted by Gasteiger charge is 2.21. The quantitative estimate of drug-likeness (QED) is 0.527. The molecule has 1 aromatic rings. The highest BCUT2D eigenvalue weighted by atomic mass is 35.5. The summed E-state index contributed by atoms with van der Waals surface area (Å²) in [5, 5.41) is 0.367. The number of carbonyl (C=O) groups excluding carboxylic acids is 1. The van der Waals surface area contributed by atoms with Crippen molar-refractivity contribution in [3.05, 3.63) is 28.0 Å². The SMILES string of the molecule is COC(=O)c1cc(Cl)nc2c1CCC2. The summed E-state index contributed by atoms with van der Waals surface area (Å²) in [4.78, 5) is 15.6. The zero-order valence-electron chi connectivity index (χ0n) is 7.84. The Hall–Kier alpha value is -1.09. The highest BCUT2D eigenvalue weighted by Crippen LogP contribution is 2.26. The lowest BCUT2D eigenvalue weighted by molar-refractivity contribution is 0.0599. The summed E-state index contributed by atoms with van der Waals surface area (Å²) in [6.07, 6.45) is 2.83. The molecule has 3 nitrogen and oxygen atoms in total. The van der Waals surface area contributed by atoms with E-state index in [1.54, 1.807) is 6.07 Å². The number of aromatic nitrogens is 1. The first-order valence-corrected chi connectivity index (χ1v) is 4.87. The number of esters is 1. The van der Waals surface area contributed by atoms with E-state index in [2.05, 4.69) is 4.98 Å². The number of aryl methyl sites for hydroxylation is 1. The standard InChI is InChI=1S/C10H10ClNO2/c1-14-10(13)7-5-9(11)12-8-4-2-3-6(7)8/h5H,2-4H2,1H3. The molecule has 1 heterocycles. The van der Waals surface area contributed by atoms with Gasteiger partial charge in [0.25, 0.3) is 0 Å². The van der Waals surface area contributed by atoms with Gasteiger partial charge in [-0.15, -0.1) is 0 Å². The molecule has 0 spiro atoms. The number of methoxy groups -OCH3 is 1. The van der Waals surface area contributed by atoms with E-state index in [1.165, 1.54) is 7.11 Å². The van der Waals surface area contributed by atoms with Gasteiger partial charge >= 0.3 is 5.97 Å². The van der Waals surface area contributed by atoms with Crippen molar-refractivity contribution in [3.63, 3.8) is 0 Å². The molecule has 1 aliphatic carbocycles. The molecule has 0 amide bonds. The fourth-order valence-corrected chi connectivity index (χ4v) is 2.01. The summed E-state index contributed by atoms with van der Waals surface area (Å²) in [7, 11) is 1.37.